The average molecular weight is 364 g/mol. The van der Waals surface area contributed by atoms with Crippen LogP contribution in [0.2, 0.25) is 0 Å². The molecular weight excluding hydrogens is 353 g/mol. The van der Waals surface area contributed by atoms with Crippen LogP contribution < -0.4 is 10.5 Å². The number of benzene rings is 2. The van der Waals surface area contributed by atoms with E-state index in [0.29, 0.717) is 10.7 Å². The molecule has 0 aliphatic rings. The Kier molecular flexibility index (Phi) is 4.71. The fourth-order valence-electron chi connectivity index (χ4n) is 2.12. The number of hydrogen-bond donors (Lipinski definition) is 1. The van der Waals surface area contributed by atoms with E-state index in [1.165, 1.54) is 23.5 Å². The summed E-state index contributed by atoms with van der Waals surface area (Å²) in [6.07, 6.45) is 0. The van der Waals surface area contributed by atoms with Crippen LogP contribution in [0, 0.1) is 17.5 Å². The number of amides is 1. The lowest BCUT2D eigenvalue weighted by Crippen LogP contribution is -2.16. The van der Waals surface area contributed by atoms with Crippen LogP contribution >= 0.6 is 11.3 Å². The second kappa shape index (κ2) is 6.94. The highest BCUT2D eigenvalue weighted by atomic mass is 32.1. The molecule has 0 saturated carbocycles. The maximum Gasteiger partial charge on any atom is 0.254 e. The lowest BCUT2D eigenvalue weighted by atomic mass is 10.1. The van der Waals surface area contributed by atoms with E-state index in [1.54, 1.807) is 17.5 Å². The largest absolute Gasteiger partial charge is 0.484 e. The minimum Gasteiger partial charge on any atom is -0.484 e. The number of primary amides is 1. The van der Waals surface area contributed by atoms with Crippen molar-refractivity contribution < 1.29 is 22.7 Å². The van der Waals surface area contributed by atoms with E-state index in [1.807, 2.05) is 0 Å². The minimum absolute atomic E-state index is 0.0849. The predicted molar refractivity (Wildman–Crippen MR) is 86.7 cm³/mol. The molecule has 128 valence electrons. The fourth-order valence-corrected chi connectivity index (χ4v) is 2.93. The van der Waals surface area contributed by atoms with Crippen molar-refractivity contribution in [3.8, 4) is 16.3 Å². The molecular formula is C17H11F3N2O2S. The van der Waals surface area contributed by atoms with Crippen molar-refractivity contribution in [3.05, 3.63) is 70.5 Å². The highest BCUT2D eigenvalue weighted by Crippen LogP contribution is 2.26. The summed E-state index contributed by atoms with van der Waals surface area (Å²) in [6, 6.07) is 7.82. The molecule has 2 aromatic carbocycles. The maximum atomic E-state index is 14.1. The van der Waals surface area contributed by atoms with E-state index in [9.17, 15) is 18.0 Å². The van der Waals surface area contributed by atoms with Gasteiger partial charge in [-0.1, -0.05) is 0 Å². The van der Waals surface area contributed by atoms with Crippen LogP contribution in [0.5, 0.6) is 5.75 Å². The van der Waals surface area contributed by atoms with Gasteiger partial charge >= 0.3 is 0 Å². The van der Waals surface area contributed by atoms with Crippen LogP contribution in [0.4, 0.5) is 13.2 Å². The van der Waals surface area contributed by atoms with Gasteiger partial charge in [-0.2, -0.15) is 0 Å². The van der Waals surface area contributed by atoms with Crippen LogP contribution in [0.25, 0.3) is 10.6 Å². The Bertz CT molecular complexity index is 926. The average Bonchev–Trinajstić information content (AvgIpc) is 3.03. The molecule has 0 spiro atoms. The molecule has 0 aliphatic carbocycles. The molecule has 0 aliphatic heterocycles. The number of halogens is 3. The molecule has 1 amide bonds. The van der Waals surface area contributed by atoms with Crippen molar-refractivity contribution >= 4 is 17.2 Å². The van der Waals surface area contributed by atoms with Gasteiger partial charge in [0.05, 0.1) is 5.69 Å². The fraction of sp³-hybridized carbons (Fsp3) is 0.0588. The molecule has 0 atom stereocenters. The van der Waals surface area contributed by atoms with Gasteiger partial charge in [-0.15, -0.1) is 11.3 Å². The first-order valence-electron chi connectivity index (χ1n) is 7.06. The van der Waals surface area contributed by atoms with Crippen molar-refractivity contribution in [2.45, 2.75) is 6.61 Å². The van der Waals surface area contributed by atoms with Crippen LogP contribution in [0.3, 0.4) is 0 Å². The number of thiazole rings is 1. The van der Waals surface area contributed by atoms with E-state index in [0.717, 1.165) is 17.7 Å². The lowest BCUT2D eigenvalue weighted by Gasteiger charge is -2.08. The van der Waals surface area contributed by atoms with Crippen molar-refractivity contribution in [1.29, 1.82) is 0 Å². The molecule has 0 saturated heterocycles. The number of rotatable bonds is 5. The van der Waals surface area contributed by atoms with Gasteiger partial charge in [0, 0.05) is 10.9 Å². The minimum atomic E-state index is -1.22. The Balaban J connectivity index is 1.76. The molecule has 25 heavy (non-hydrogen) atoms. The summed E-state index contributed by atoms with van der Waals surface area (Å²) in [7, 11) is 0. The summed E-state index contributed by atoms with van der Waals surface area (Å²) in [6.45, 7) is -0.0849. The lowest BCUT2D eigenvalue weighted by molar-refractivity contribution is 0.0991. The van der Waals surface area contributed by atoms with Gasteiger partial charge < -0.3 is 10.5 Å². The maximum absolute atomic E-state index is 14.1. The van der Waals surface area contributed by atoms with E-state index in [2.05, 4.69) is 4.98 Å². The zero-order valence-electron chi connectivity index (χ0n) is 12.6. The molecule has 8 heteroatoms. The third-order valence-electron chi connectivity index (χ3n) is 3.32. The number of aromatic nitrogens is 1. The Morgan fingerprint density at radius 1 is 1.12 bits per heavy atom. The van der Waals surface area contributed by atoms with Crippen molar-refractivity contribution in [1.82, 2.24) is 4.98 Å². The Morgan fingerprint density at radius 2 is 1.84 bits per heavy atom. The third-order valence-corrected chi connectivity index (χ3v) is 4.26. The van der Waals surface area contributed by atoms with Crippen LogP contribution in [0.1, 0.15) is 16.1 Å². The first kappa shape index (κ1) is 17.0. The van der Waals surface area contributed by atoms with Crippen molar-refractivity contribution in [2.24, 2.45) is 5.73 Å². The SMILES string of the molecule is NC(=O)c1c(F)ccc(OCc2csc(-c3ccc(F)cc3)n2)c1F. The molecule has 1 heterocycles. The first-order chi connectivity index (χ1) is 12.0. The third kappa shape index (κ3) is 3.63. The molecule has 0 unspecified atom stereocenters. The second-order valence-corrected chi connectivity index (χ2v) is 5.90. The van der Waals surface area contributed by atoms with E-state index in [4.69, 9.17) is 10.5 Å². The number of hydrogen-bond acceptors (Lipinski definition) is 4. The zero-order chi connectivity index (χ0) is 18.0. The van der Waals surface area contributed by atoms with Crippen molar-refractivity contribution in [3.63, 3.8) is 0 Å². The number of nitrogens with two attached hydrogens (primary N) is 1. The summed E-state index contributed by atoms with van der Waals surface area (Å²) < 4.78 is 45.7. The van der Waals surface area contributed by atoms with E-state index in [-0.39, 0.29) is 18.2 Å². The number of nitrogens with zero attached hydrogens (tertiary/aromatic N) is 1. The van der Waals surface area contributed by atoms with Gasteiger partial charge in [0.2, 0.25) is 0 Å². The molecule has 0 radical (unpaired) electrons. The van der Waals surface area contributed by atoms with Gasteiger partial charge in [-0.25, -0.2) is 18.2 Å². The number of carbonyl (C=O) groups excluding carboxylic acids is 1. The normalized spacial score (nSPS) is 10.7. The summed E-state index contributed by atoms with van der Waals surface area (Å²) in [5.74, 6) is -4.06. The molecule has 3 aromatic rings. The first-order valence-corrected chi connectivity index (χ1v) is 7.94. The summed E-state index contributed by atoms with van der Waals surface area (Å²) in [4.78, 5) is 15.4. The molecule has 3 rings (SSSR count). The predicted octanol–water partition coefficient (Wildman–Crippen LogP) is 3.91. The van der Waals surface area contributed by atoms with Crippen LogP contribution in [-0.4, -0.2) is 10.9 Å². The van der Waals surface area contributed by atoms with Crippen LogP contribution in [-0.2, 0) is 6.61 Å². The standard InChI is InChI=1S/C17H11F3N2O2S/c18-10-3-1-9(2-4-10)17-22-11(8-25-17)7-24-13-6-5-12(19)14(15(13)20)16(21)23/h1-6,8H,7H2,(H2,21,23). The molecule has 4 nitrogen and oxygen atoms in total. The van der Waals surface area contributed by atoms with E-state index < -0.39 is 23.1 Å². The highest BCUT2D eigenvalue weighted by Gasteiger charge is 2.19. The number of carbonyl (C=O) groups is 1. The molecule has 1 aromatic heterocycles. The topological polar surface area (TPSA) is 65.2 Å². The Hall–Kier alpha value is -2.87. The number of ether oxygens (including phenoxy) is 1. The second-order valence-electron chi connectivity index (χ2n) is 5.04. The summed E-state index contributed by atoms with van der Waals surface area (Å²) in [5.41, 5.74) is 5.36. The Morgan fingerprint density at radius 3 is 2.52 bits per heavy atom. The van der Waals surface area contributed by atoms with Gasteiger partial charge in [0.25, 0.3) is 5.91 Å². The van der Waals surface area contributed by atoms with Crippen LogP contribution in [0.15, 0.2) is 41.8 Å². The monoisotopic (exact) mass is 364 g/mol. The summed E-state index contributed by atoms with van der Waals surface area (Å²) in [5, 5.41) is 2.35. The zero-order valence-corrected chi connectivity index (χ0v) is 13.4. The summed E-state index contributed by atoms with van der Waals surface area (Å²) >= 11 is 1.32. The molecule has 2 N–H and O–H groups in total. The Labute approximate surface area is 144 Å². The van der Waals surface area contributed by atoms with Crippen molar-refractivity contribution in [2.75, 3.05) is 0 Å². The van der Waals surface area contributed by atoms with Gasteiger partial charge in [-0.05, 0) is 36.4 Å². The van der Waals surface area contributed by atoms with Gasteiger partial charge in [-0.3, -0.25) is 4.79 Å². The van der Waals surface area contributed by atoms with E-state index >= 15 is 0 Å². The van der Waals surface area contributed by atoms with Gasteiger partial charge in [0.1, 0.15) is 28.8 Å². The highest BCUT2D eigenvalue weighted by molar-refractivity contribution is 7.13. The smallest absolute Gasteiger partial charge is 0.254 e. The quantitative estimate of drug-likeness (QED) is 0.747. The molecule has 0 bridgehead atoms. The molecule has 0 fully saturated rings. The van der Waals surface area contributed by atoms with Gasteiger partial charge in [0.15, 0.2) is 11.6 Å².